The lowest BCUT2D eigenvalue weighted by atomic mass is 10.4. The van der Waals surface area contributed by atoms with Crippen molar-refractivity contribution >= 4 is 23.5 Å². The van der Waals surface area contributed by atoms with Crippen molar-refractivity contribution in [2.45, 2.75) is 0 Å². The quantitative estimate of drug-likeness (QED) is 0.399. The minimum Gasteiger partial charge on any atom is -0.369 e. The summed E-state index contributed by atoms with van der Waals surface area (Å²) in [5.74, 6) is -0.0895. The Bertz CT molecular complexity index is 380. The lowest BCUT2D eigenvalue weighted by Gasteiger charge is -1.82. The van der Waals surface area contributed by atoms with Crippen molar-refractivity contribution in [2.24, 2.45) is 21.7 Å². The third-order valence-electron chi connectivity index (χ3n) is 1.10. The monoisotopic (exact) mass is 193 g/mol. The van der Waals surface area contributed by atoms with E-state index in [4.69, 9.17) is 16.7 Å². The number of hydrogen-bond donors (Lipinski definition) is 2. The SMILES string of the molecule is N#Cc1ccc(/C=N/N=C(N)N)s1. The Labute approximate surface area is 79.0 Å². The molecule has 0 aliphatic rings. The summed E-state index contributed by atoms with van der Waals surface area (Å²) in [6, 6.07) is 5.50. The van der Waals surface area contributed by atoms with Crippen LogP contribution in [0.25, 0.3) is 0 Å². The molecular weight excluding hydrogens is 186 g/mol. The minimum absolute atomic E-state index is 0.0895. The van der Waals surface area contributed by atoms with Gasteiger partial charge in [-0.15, -0.1) is 16.4 Å². The Morgan fingerprint density at radius 3 is 2.85 bits per heavy atom. The van der Waals surface area contributed by atoms with Gasteiger partial charge in [-0.05, 0) is 12.1 Å². The van der Waals surface area contributed by atoms with Gasteiger partial charge >= 0.3 is 0 Å². The summed E-state index contributed by atoms with van der Waals surface area (Å²) < 4.78 is 0. The second-order valence-electron chi connectivity index (χ2n) is 2.08. The molecule has 0 bridgehead atoms. The number of hydrogen-bond acceptors (Lipinski definition) is 4. The number of thiophene rings is 1. The van der Waals surface area contributed by atoms with Gasteiger partial charge in [0, 0.05) is 4.88 Å². The highest BCUT2D eigenvalue weighted by atomic mass is 32.1. The third kappa shape index (κ3) is 2.92. The van der Waals surface area contributed by atoms with Crippen LogP contribution in [0.4, 0.5) is 0 Å². The largest absolute Gasteiger partial charge is 0.369 e. The maximum absolute atomic E-state index is 8.51. The van der Waals surface area contributed by atoms with Crippen LogP contribution >= 0.6 is 11.3 Å². The first kappa shape index (κ1) is 9.22. The first-order valence-electron chi connectivity index (χ1n) is 3.34. The van der Waals surface area contributed by atoms with Gasteiger partial charge in [-0.2, -0.15) is 10.4 Å². The molecule has 0 aliphatic heterocycles. The highest BCUT2D eigenvalue weighted by Crippen LogP contribution is 2.12. The second kappa shape index (κ2) is 4.23. The molecule has 0 saturated heterocycles. The first-order chi connectivity index (χ1) is 6.22. The normalized spacial score (nSPS) is 9.77. The average molecular weight is 193 g/mol. The number of nitrogens with zero attached hydrogens (tertiary/aromatic N) is 3. The zero-order valence-electron chi connectivity index (χ0n) is 6.64. The van der Waals surface area contributed by atoms with E-state index >= 15 is 0 Å². The van der Waals surface area contributed by atoms with Crippen LogP contribution < -0.4 is 11.5 Å². The van der Waals surface area contributed by atoms with Crippen molar-refractivity contribution in [3.8, 4) is 6.07 Å². The van der Waals surface area contributed by atoms with Gasteiger partial charge in [0.15, 0.2) is 0 Å². The van der Waals surface area contributed by atoms with E-state index in [-0.39, 0.29) is 5.96 Å². The molecule has 13 heavy (non-hydrogen) atoms. The lowest BCUT2D eigenvalue weighted by molar-refractivity contribution is 1.22. The van der Waals surface area contributed by atoms with Crippen LogP contribution in [-0.4, -0.2) is 12.2 Å². The standard InChI is InChI=1S/C7H7N5S/c8-3-5-1-2-6(13-5)4-11-12-7(9)10/h1-2,4H,(H4,9,10,12)/b11-4+. The highest BCUT2D eigenvalue weighted by Gasteiger charge is 1.94. The topological polar surface area (TPSA) is 101 Å². The van der Waals surface area contributed by atoms with Gasteiger partial charge in [0.25, 0.3) is 0 Å². The zero-order chi connectivity index (χ0) is 9.68. The van der Waals surface area contributed by atoms with E-state index in [2.05, 4.69) is 10.2 Å². The fourth-order valence-corrected chi connectivity index (χ4v) is 1.31. The summed E-state index contributed by atoms with van der Waals surface area (Å²) in [4.78, 5) is 1.47. The smallest absolute Gasteiger partial charge is 0.211 e. The molecule has 1 aromatic rings. The van der Waals surface area contributed by atoms with Crippen LogP contribution in [-0.2, 0) is 0 Å². The van der Waals surface area contributed by atoms with Gasteiger partial charge in [-0.1, -0.05) is 0 Å². The van der Waals surface area contributed by atoms with Gasteiger partial charge in [-0.3, -0.25) is 0 Å². The zero-order valence-corrected chi connectivity index (χ0v) is 7.45. The molecule has 0 atom stereocenters. The van der Waals surface area contributed by atoms with Crippen molar-refractivity contribution in [2.75, 3.05) is 0 Å². The highest BCUT2D eigenvalue weighted by molar-refractivity contribution is 7.14. The van der Waals surface area contributed by atoms with Crippen molar-refractivity contribution < 1.29 is 0 Å². The molecule has 1 rings (SSSR count). The molecular formula is C7H7N5S. The number of rotatable bonds is 2. The lowest BCUT2D eigenvalue weighted by Crippen LogP contribution is -2.21. The summed E-state index contributed by atoms with van der Waals surface area (Å²) in [6.07, 6.45) is 1.49. The molecule has 1 aromatic heterocycles. The third-order valence-corrected chi connectivity index (χ3v) is 2.02. The fraction of sp³-hybridized carbons (Fsp3) is 0. The molecule has 6 heteroatoms. The predicted octanol–water partition coefficient (Wildman–Crippen LogP) is 0.227. The maximum atomic E-state index is 8.51. The van der Waals surface area contributed by atoms with E-state index in [1.54, 1.807) is 12.1 Å². The molecule has 0 saturated carbocycles. The summed E-state index contributed by atoms with van der Waals surface area (Å²) in [7, 11) is 0. The van der Waals surface area contributed by atoms with Crippen molar-refractivity contribution in [1.82, 2.24) is 0 Å². The Balaban J connectivity index is 2.70. The Morgan fingerprint density at radius 1 is 1.54 bits per heavy atom. The van der Waals surface area contributed by atoms with E-state index in [0.717, 1.165) is 4.88 Å². The molecule has 0 unspecified atom stereocenters. The molecule has 0 amide bonds. The average Bonchev–Trinajstić information content (AvgIpc) is 2.52. The summed E-state index contributed by atoms with van der Waals surface area (Å²) >= 11 is 1.32. The van der Waals surface area contributed by atoms with Crippen molar-refractivity contribution in [3.05, 3.63) is 21.9 Å². The van der Waals surface area contributed by atoms with Crippen LogP contribution in [0.15, 0.2) is 22.3 Å². The molecule has 0 radical (unpaired) electrons. The van der Waals surface area contributed by atoms with E-state index in [9.17, 15) is 0 Å². The summed E-state index contributed by atoms with van der Waals surface area (Å²) in [6.45, 7) is 0. The molecule has 66 valence electrons. The van der Waals surface area contributed by atoms with Crippen molar-refractivity contribution in [1.29, 1.82) is 5.26 Å². The molecule has 0 spiro atoms. The van der Waals surface area contributed by atoms with E-state index in [1.807, 2.05) is 6.07 Å². The van der Waals surface area contributed by atoms with Crippen LogP contribution in [0.5, 0.6) is 0 Å². The molecule has 4 N–H and O–H groups in total. The van der Waals surface area contributed by atoms with Gasteiger partial charge in [-0.25, -0.2) is 0 Å². The van der Waals surface area contributed by atoms with E-state index in [1.165, 1.54) is 17.6 Å². The summed E-state index contributed by atoms with van der Waals surface area (Å²) in [5, 5.41) is 15.5. The van der Waals surface area contributed by atoms with Gasteiger partial charge < -0.3 is 11.5 Å². The summed E-state index contributed by atoms with van der Waals surface area (Å²) in [5.41, 5.74) is 10.1. The van der Waals surface area contributed by atoms with Crippen LogP contribution in [0.3, 0.4) is 0 Å². The molecule has 0 aliphatic carbocycles. The number of guanidine groups is 1. The molecule has 1 heterocycles. The first-order valence-corrected chi connectivity index (χ1v) is 4.16. The number of nitrogens with two attached hydrogens (primary N) is 2. The second-order valence-corrected chi connectivity index (χ2v) is 3.20. The van der Waals surface area contributed by atoms with Gasteiger partial charge in [0.1, 0.15) is 10.9 Å². The molecule has 0 fully saturated rings. The Kier molecular flexibility index (Phi) is 3.00. The minimum atomic E-state index is -0.0895. The maximum Gasteiger partial charge on any atom is 0.211 e. The Morgan fingerprint density at radius 2 is 2.31 bits per heavy atom. The van der Waals surface area contributed by atoms with E-state index < -0.39 is 0 Å². The number of nitriles is 1. The fourth-order valence-electron chi connectivity index (χ4n) is 0.635. The van der Waals surface area contributed by atoms with Crippen molar-refractivity contribution in [3.63, 3.8) is 0 Å². The van der Waals surface area contributed by atoms with Crippen LogP contribution in [0.2, 0.25) is 0 Å². The molecule has 0 aromatic carbocycles. The predicted molar refractivity (Wildman–Crippen MR) is 52.4 cm³/mol. The Hall–Kier alpha value is -1.87. The van der Waals surface area contributed by atoms with E-state index in [0.29, 0.717) is 4.88 Å². The van der Waals surface area contributed by atoms with Crippen LogP contribution in [0.1, 0.15) is 9.75 Å². The molecule has 5 nitrogen and oxygen atoms in total. The van der Waals surface area contributed by atoms with Gasteiger partial charge in [0.05, 0.1) is 6.21 Å². The van der Waals surface area contributed by atoms with Crippen LogP contribution in [0, 0.1) is 11.3 Å². The van der Waals surface area contributed by atoms with Gasteiger partial charge in [0.2, 0.25) is 5.96 Å².